The van der Waals surface area contributed by atoms with Gasteiger partial charge >= 0.3 is 0 Å². The van der Waals surface area contributed by atoms with Crippen molar-refractivity contribution in [3.05, 3.63) is 29.3 Å². The molecule has 1 amide bonds. The van der Waals surface area contributed by atoms with Crippen LogP contribution in [0, 0.1) is 22.7 Å². The molecule has 0 spiro atoms. The van der Waals surface area contributed by atoms with Gasteiger partial charge in [0.1, 0.15) is 18.2 Å². The van der Waals surface area contributed by atoms with Crippen molar-refractivity contribution in [2.75, 3.05) is 19.4 Å². The van der Waals surface area contributed by atoms with E-state index in [2.05, 4.69) is 5.32 Å². The minimum atomic E-state index is -0.389. The summed E-state index contributed by atoms with van der Waals surface area (Å²) in [6.45, 7) is 1.74. The van der Waals surface area contributed by atoms with E-state index in [0.717, 1.165) is 0 Å². The molecule has 1 aromatic carbocycles. The van der Waals surface area contributed by atoms with Crippen molar-refractivity contribution in [2.24, 2.45) is 0 Å². The first-order chi connectivity index (χ1) is 8.49. The fraction of sp³-hybridized carbons (Fsp3) is 0.308. The fourth-order valence-corrected chi connectivity index (χ4v) is 1.52. The Hall–Kier alpha value is -2.53. The van der Waals surface area contributed by atoms with Crippen molar-refractivity contribution >= 4 is 11.6 Å². The second kappa shape index (κ2) is 5.70. The summed E-state index contributed by atoms with van der Waals surface area (Å²) in [5, 5.41) is 20.7. The van der Waals surface area contributed by atoms with Gasteiger partial charge in [0.25, 0.3) is 0 Å². The summed E-state index contributed by atoms with van der Waals surface area (Å²) in [5.41, 5.74) is 1.27. The van der Waals surface area contributed by atoms with Crippen molar-refractivity contribution in [1.82, 2.24) is 4.90 Å². The van der Waals surface area contributed by atoms with Crippen LogP contribution in [-0.2, 0) is 4.79 Å². The minimum Gasteiger partial charge on any atom is -0.374 e. The minimum absolute atomic E-state index is 0.0575. The van der Waals surface area contributed by atoms with Crippen molar-refractivity contribution < 1.29 is 4.79 Å². The average Bonchev–Trinajstić information content (AvgIpc) is 2.37. The number of nitriles is 2. The van der Waals surface area contributed by atoms with Gasteiger partial charge in [-0.1, -0.05) is 0 Å². The molecule has 1 N–H and O–H groups in total. The summed E-state index contributed by atoms with van der Waals surface area (Å²) in [6, 6.07) is 8.32. The zero-order valence-corrected chi connectivity index (χ0v) is 10.6. The molecule has 0 radical (unpaired) electrons. The highest BCUT2D eigenvalue weighted by molar-refractivity contribution is 5.83. The van der Waals surface area contributed by atoms with Gasteiger partial charge < -0.3 is 10.2 Å². The monoisotopic (exact) mass is 242 g/mol. The van der Waals surface area contributed by atoms with E-state index in [9.17, 15) is 4.79 Å². The number of hydrogen-bond donors (Lipinski definition) is 1. The summed E-state index contributed by atoms with van der Waals surface area (Å²) in [6.07, 6.45) is 0. The molecule has 5 heteroatoms. The van der Waals surface area contributed by atoms with Gasteiger partial charge in [-0.3, -0.25) is 4.79 Å². The van der Waals surface area contributed by atoms with E-state index in [4.69, 9.17) is 10.5 Å². The van der Waals surface area contributed by atoms with Gasteiger partial charge in [-0.25, -0.2) is 0 Å². The number of carbonyl (C=O) groups is 1. The summed E-state index contributed by atoms with van der Waals surface area (Å²) < 4.78 is 0. The maximum atomic E-state index is 11.7. The lowest BCUT2D eigenvalue weighted by Crippen LogP contribution is -2.36. The lowest BCUT2D eigenvalue weighted by atomic mass is 10.1. The van der Waals surface area contributed by atoms with Gasteiger partial charge in [0.15, 0.2) is 0 Å². The molecule has 1 unspecified atom stereocenters. The van der Waals surface area contributed by atoms with E-state index in [1.165, 1.54) is 4.90 Å². The maximum absolute atomic E-state index is 11.7. The Kier molecular flexibility index (Phi) is 4.28. The third-order valence-electron chi connectivity index (χ3n) is 2.45. The third-order valence-corrected chi connectivity index (χ3v) is 2.45. The number of amides is 1. The zero-order chi connectivity index (χ0) is 13.7. The molecule has 0 aliphatic heterocycles. The Labute approximate surface area is 106 Å². The Balaban J connectivity index is 2.91. The van der Waals surface area contributed by atoms with Crippen LogP contribution in [0.2, 0.25) is 0 Å². The third kappa shape index (κ3) is 2.99. The SMILES string of the molecule is CC(Nc1ccc(C#N)c(C#N)c1)C(=O)N(C)C. The maximum Gasteiger partial charge on any atom is 0.244 e. The van der Waals surface area contributed by atoms with E-state index in [1.54, 1.807) is 39.2 Å². The number of likely N-dealkylation sites (N-methyl/N-ethyl adjacent to an activating group) is 1. The molecule has 1 atom stereocenters. The molecular weight excluding hydrogens is 228 g/mol. The van der Waals surface area contributed by atoms with Crippen molar-refractivity contribution in [3.63, 3.8) is 0 Å². The largest absolute Gasteiger partial charge is 0.374 e. The number of rotatable bonds is 3. The first-order valence-electron chi connectivity index (χ1n) is 5.41. The molecule has 1 rings (SSSR count). The number of nitrogens with one attached hydrogen (secondary N) is 1. The molecule has 0 bridgehead atoms. The van der Waals surface area contributed by atoms with E-state index in [1.807, 2.05) is 12.1 Å². The molecule has 0 aliphatic rings. The number of nitrogens with zero attached hydrogens (tertiary/aromatic N) is 3. The lowest BCUT2D eigenvalue weighted by molar-refractivity contribution is -0.129. The number of hydrogen-bond acceptors (Lipinski definition) is 4. The highest BCUT2D eigenvalue weighted by atomic mass is 16.2. The molecule has 0 aromatic heterocycles. The van der Waals surface area contributed by atoms with Crippen molar-refractivity contribution in [2.45, 2.75) is 13.0 Å². The van der Waals surface area contributed by atoms with Crippen LogP contribution in [0.3, 0.4) is 0 Å². The molecule has 0 saturated heterocycles. The molecule has 18 heavy (non-hydrogen) atoms. The van der Waals surface area contributed by atoms with E-state index >= 15 is 0 Å². The van der Waals surface area contributed by atoms with Gasteiger partial charge in [-0.2, -0.15) is 10.5 Å². The van der Waals surface area contributed by atoms with Gasteiger partial charge in [-0.05, 0) is 25.1 Å². The lowest BCUT2D eigenvalue weighted by Gasteiger charge is -2.19. The molecule has 92 valence electrons. The van der Waals surface area contributed by atoms with Crippen LogP contribution in [0.5, 0.6) is 0 Å². The van der Waals surface area contributed by atoms with Gasteiger partial charge in [0.2, 0.25) is 5.91 Å². The molecule has 0 heterocycles. The first-order valence-corrected chi connectivity index (χ1v) is 5.41. The Morgan fingerprint density at radius 1 is 1.28 bits per heavy atom. The van der Waals surface area contributed by atoms with Gasteiger partial charge in [0, 0.05) is 19.8 Å². The van der Waals surface area contributed by atoms with E-state index < -0.39 is 0 Å². The van der Waals surface area contributed by atoms with Crippen molar-refractivity contribution in [3.8, 4) is 12.1 Å². The predicted octanol–water partition coefficient (Wildman–Crippen LogP) is 1.32. The summed E-state index contributed by atoms with van der Waals surface area (Å²) in [7, 11) is 3.36. The molecule has 5 nitrogen and oxygen atoms in total. The second-order valence-corrected chi connectivity index (χ2v) is 4.08. The smallest absolute Gasteiger partial charge is 0.244 e. The van der Waals surface area contributed by atoms with Crippen LogP contribution in [0.15, 0.2) is 18.2 Å². The topological polar surface area (TPSA) is 79.9 Å². The fourth-order valence-electron chi connectivity index (χ4n) is 1.52. The molecule has 1 aromatic rings. The second-order valence-electron chi connectivity index (χ2n) is 4.08. The van der Waals surface area contributed by atoms with E-state index in [-0.39, 0.29) is 11.9 Å². The predicted molar refractivity (Wildman–Crippen MR) is 67.7 cm³/mol. The molecular formula is C13H14N4O. The summed E-state index contributed by atoms with van der Waals surface area (Å²) in [4.78, 5) is 13.2. The van der Waals surface area contributed by atoms with Crippen LogP contribution >= 0.6 is 0 Å². The van der Waals surface area contributed by atoms with Crippen LogP contribution < -0.4 is 5.32 Å². The quantitative estimate of drug-likeness (QED) is 0.866. The van der Waals surface area contributed by atoms with Crippen LogP contribution in [0.25, 0.3) is 0 Å². The first kappa shape index (κ1) is 13.5. The highest BCUT2D eigenvalue weighted by Crippen LogP contribution is 2.15. The molecule has 0 aliphatic carbocycles. The van der Waals surface area contributed by atoms with Crippen LogP contribution in [0.4, 0.5) is 5.69 Å². The average molecular weight is 242 g/mol. The van der Waals surface area contributed by atoms with Gasteiger partial charge in [0.05, 0.1) is 11.1 Å². The highest BCUT2D eigenvalue weighted by Gasteiger charge is 2.14. The normalized spacial score (nSPS) is 10.9. The number of carbonyl (C=O) groups excluding carboxylic acids is 1. The zero-order valence-electron chi connectivity index (χ0n) is 10.6. The summed E-state index contributed by atoms with van der Waals surface area (Å²) in [5.74, 6) is -0.0575. The Bertz CT molecular complexity index is 537. The Morgan fingerprint density at radius 3 is 2.39 bits per heavy atom. The summed E-state index contributed by atoms with van der Waals surface area (Å²) >= 11 is 0. The van der Waals surface area contributed by atoms with Crippen LogP contribution in [0.1, 0.15) is 18.1 Å². The van der Waals surface area contributed by atoms with E-state index in [0.29, 0.717) is 16.8 Å². The van der Waals surface area contributed by atoms with Gasteiger partial charge in [-0.15, -0.1) is 0 Å². The molecule has 0 fully saturated rings. The van der Waals surface area contributed by atoms with Crippen LogP contribution in [-0.4, -0.2) is 30.9 Å². The molecule has 0 saturated carbocycles. The number of anilines is 1. The standard InChI is InChI=1S/C13H14N4O/c1-9(13(18)17(2)3)16-12-5-4-10(7-14)11(6-12)8-15/h4-6,9,16H,1-3H3. The number of benzene rings is 1. The van der Waals surface area contributed by atoms with Crippen molar-refractivity contribution in [1.29, 1.82) is 10.5 Å². The Morgan fingerprint density at radius 2 is 1.89 bits per heavy atom.